The number of carbonyl (C=O) groups is 2. The fourth-order valence-electron chi connectivity index (χ4n) is 0.496. The summed E-state index contributed by atoms with van der Waals surface area (Å²) in [6.45, 7) is 3.28. The summed E-state index contributed by atoms with van der Waals surface area (Å²) >= 11 is 0. The summed E-state index contributed by atoms with van der Waals surface area (Å²) in [5, 5.41) is 5.25. The second-order valence-corrected chi connectivity index (χ2v) is 2.43. The summed E-state index contributed by atoms with van der Waals surface area (Å²) in [4.78, 5) is 21.4. The summed E-state index contributed by atoms with van der Waals surface area (Å²) in [7, 11) is 1.69. The Morgan fingerprint density at radius 1 is 1.45 bits per heavy atom. The van der Waals surface area contributed by atoms with Gasteiger partial charge in [-0.2, -0.15) is 0 Å². The monoisotopic (exact) mass is 158 g/mol. The van der Waals surface area contributed by atoms with Crippen LogP contribution in [0.15, 0.2) is 0 Å². The Bertz CT molecular complexity index is 157. The van der Waals surface area contributed by atoms with Crippen molar-refractivity contribution < 1.29 is 9.59 Å². The van der Waals surface area contributed by atoms with Gasteiger partial charge >= 0.3 is 0 Å². The zero-order valence-corrected chi connectivity index (χ0v) is 7.10. The van der Waals surface area contributed by atoms with Crippen LogP contribution >= 0.6 is 0 Å². The minimum Gasteiger partial charge on any atom is -0.348 e. The molecule has 0 fully saturated rings. The summed E-state index contributed by atoms with van der Waals surface area (Å²) in [5.74, 6) is -0.190. The summed E-state index contributed by atoms with van der Waals surface area (Å²) in [6.07, 6.45) is 0. The molecule has 4 nitrogen and oxygen atoms in total. The molecule has 2 N–H and O–H groups in total. The standard InChI is InChI=1S/C7H14N2O2/c1-5(10)4-9-7(11)6(2)8-3/h6,8H,4H2,1-3H3,(H,9,11)/t6-/m1/s1. The van der Waals surface area contributed by atoms with Gasteiger partial charge in [0.1, 0.15) is 5.78 Å². The SMILES string of the molecule is CN[C@H](C)C(=O)NCC(C)=O. The molecule has 0 saturated heterocycles. The summed E-state index contributed by atoms with van der Waals surface area (Å²) in [6, 6.07) is -0.241. The highest BCUT2D eigenvalue weighted by atomic mass is 16.2. The van der Waals surface area contributed by atoms with E-state index in [2.05, 4.69) is 10.6 Å². The molecule has 0 aromatic rings. The van der Waals surface area contributed by atoms with E-state index in [4.69, 9.17) is 0 Å². The van der Waals surface area contributed by atoms with Gasteiger partial charge in [0.25, 0.3) is 0 Å². The molecule has 0 aliphatic carbocycles. The van der Waals surface area contributed by atoms with Crippen molar-refractivity contribution in [1.29, 1.82) is 0 Å². The Labute approximate surface area is 66.4 Å². The molecule has 0 spiro atoms. The average molecular weight is 158 g/mol. The van der Waals surface area contributed by atoms with Gasteiger partial charge in [0.05, 0.1) is 12.6 Å². The lowest BCUT2D eigenvalue weighted by molar-refractivity contribution is -0.125. The second kappa shape index (κ2) is 4.85. The fourth-order valence-corrected chi connectivity index (χ4v) is 0.496. The highest BCUT2D eigenvalue weighted by Crippen LogP contribution is 1.78. The van der Waals surface area contributed by atoms with Crippen LogP contribution in [-0.4, -0.2) is 31.3 Å². The van der Waals surface area contributed by atoms with Gasteiger partial charge in [-0.05, 0) is 20.9 Å². The van der Waals surface area contributed by atoms with E-state index in [9.17, 15) is 9.59 Å². The third kappa shape index (κ3) is 4.50. The van der Waals surface area contributed by atoms with Gasteiger partial charge in [-0.25, -0.2) is 0 Å². The first-order valence-electron chi connectivity index (χ1n) is 3.52. The first-order valence-corrected chi connectivity index (χ1v) is 3.52. The van der Waals surface area contributed by atoms with Crippen molar-refractivity contribution in [3.63, 3.8) is 0 Å². The van der Waals surface area contributed by atoms with Crippen molar-refractivity contribution in [1.82, 2.24) is 10.6 Å². The Kier molecular flexibility index (Phi) is 4.45. The van der Waals surface area contributed by atoms with Gasteiger partial charge in [-0.3, -0.25) is 9.59 Å². The molecule has 0 aliphatic heterocycles. The van der Waals surface area contributed by atoms with Crippen LogP contribution in [0.3, 0.4) is 0 Å². The van der Waals surface area contributed by atoms with E-state index in [0.29, 0.717) is 0 Å². The molecule has 11 heavy (non-hydrogen) atoms. The lowest BCUT2D eigenvalue weighted by Crippen LogP contribution is -2.41. The summed E-state index contributed by atoms with van der Waals surface area (Å²) < 4.78 is 0. The van der Waals surface area contributed by atoms with E-state index >= 15 is 0 Å². The fraction of sp³-hybridized carbons (Fsp3) is 0.714. The zero-order chi connectivity index (χ0) is 8.85. The van der Waals surface area contributed by atoms with Crippen molar-refractivity contribution in [2.75, 3.05) is 13.6 Å². The Morgan fingerprint density at radius 2 is 2.00 bits per heavy atom. The maximum absolute atomic E-state index is 11.0. The van der Waals surface area contributed by atoms with Crippen LogP contribution in [0.2, 0.25) is 0 Å². The molecule has 0 rings (SSSR count). The number of ketones is 1. The van der Waals surface area contributed by atoms with Crippen LogP contribution < -0.4 is 10.6 Å². The number of carbonyl (C=O) groups excluding carboxylic acids is 2. The van der Waals surface area contributed by atoms with Crippen molar-refractivity contribution in [2.24, 2.45) is 0 Å². The Morgan fingerprint density at radius 3 is 2.36 bits per heavy atom. The first-order chi connectivity index (χ1) is 5.07. The van der Waals surface area contributed by atoms with Crippen molar-refractivity contribution in [3.05, 3.63) is 0 Å². The molecule has 1 amide bonds. The van der Waals surface area contributed by atoms with Crippen LogP contribution in [0.25, 0.3) is 0 Å². The molecule has 1 atom stereocenters. The highest BCUT2D eigenvalue weighted by Gasteiger charge is 2.08. The average Bonchev–Trinajstić information content (AvgIpc) is 1.98. The highest BCUT2D eigenvalue weighted by molar-refractivity contribution is 5.86. The van der Waals surface area contributed by atoms with Gasteiger partial charge in [0.15, 0.2) is 0 Å². The minimum absolute atomic E-state index is 0.0401. The Balaban J connectivity index is 3.60. The lowest BCUT2D eigenvalue weighted by Gasteiger charge is -2.08. The minimum atomic E-state index is -0.241. The normalized spacial score (nSPS) is 12.3. The van der Waals surface area contributed by atoms with E-state index in [1.807, 2.05) is 0 Å². The Hall–Kier alpha value is -0.900. The summed E-state index contributed by atoms with van der Waals surface area (Å²) in [5.41, 5.74) is 0. The van der Waals surface area contributed by atoms with E-state index in [1.165, 1.54) is 6.92 Å². The van der Waals surface area contributed by atoms with Gasteiger partial charge in [0, 0.05) is 0 Å². The van der Waals surface area contributed by atoms with E-state index in [1.54, 1.807) is 14.0 Å². The van der Waals surface area contributed by atoms with Crippen LogP contribution in [0.4, 0.5) is 0 Å². The topological polar surface area (TPSA) is 58.2 Å². The van der Waals surface area contributed by atoms with Crippen molar-refractivity contribution >= 4 is 11.7 Å². The number of rotatable bonds is 4. The van der Waals surface area contributed by atoms with Gasteiger partial charge in [0.2, 0.25) is 5.91 Å². The number of likely N-dealkylation sites (N-methyl/N-ethyl adjacent to an activating group) is 1. The largest absolute Gasteiger partial charge is 0.348 e. The second-order valence-electron chi connectivity index (χ2n) is 2.43. The molecule has 4 heteroatoms. The van der Waals surface area contributed by atoms with Crippen molar-refractivity contribution in [3.8, 4) is 0 Å². The third-order valence-electron chi connectivity index (χ3n) is 1.34. The quantitative estimate of drug-likeness (QED) is 0.568. The van der Waals surface area contributed by atoms with Crippen LogP contribution in [0.5, 0.6) is 0 Å². The zero-order valence-electron chi connectivity index (χ0n) is 7.10. The van der Waals surface area contributed by atoms with E-state index in [0.717, 1.165) is 0 Å². The lowest BCUT2D eigenvalue weighted by atomic mass is 10.3. The van der Waals surface area contributed by atoms with Crippen LogP contribution in [-0.2, 0) is 9.59 Å². The molecule has 0 aromatic carbocycles. The number of amides is 1. The number of hydrogen-bond donors (Lipinski definition) is 2. The van der Waals surface area contributed by atoms with Crippen molar-refractivity contribution in [2.45, 2.75) is 19.9 Å². The first kappa shape index (κ1) is 10.1. The molecule has 0 aromatic heterocycles. The molecule has 64 valence electrons. The third-order valence-corrected chi connectivity index (χ3v) is 1.34. The predicted octanol–water partition coefficient (Wildman–Crippen LogP) is -0.701. The molecule has 0 unspecified atom stereocenters. The molecule has 0 heterocycles. The smallest absolute Gasteiger partial charge is 0.237 e. The van der Waals surface area contributed by atoms with Gasteiger partial charge < -0.3 is 10.6 Å². The van der Waals surface area contributed by atoms with Crippen LogP contribution in [0.1, 0.15) is 13.8 Å². The van der Waals surface area contributed by atoms with Gasteiger partial charge in [-0.15, -0.1) is 0 Å². The molecule has 0 aliphatic rings. The number of hydrogen-bond acceptors (Lipinski definition) is 3. The van der Waals surface area contributed by atoms with E-state index in [-0.39, 0.29) is 24.3 Å². The maximum atomic E-state index is 11.0. The predicted molar refractivity (Wildman–Crippen MR) is 42.2 cm³/mol. The number of nitrogens with one attached hydrogen (secondary N) is 2. The van der Waals surface area contributed by atoms with Crippen LogP contribution in [0, 0.1) is 0 Å². The molecular formula is C7H14N2O2. The molecule has 0 radical (unpaired) electrons. The van der Waals surface area contributed by atoms with E-state index < -0.39 is 0 Å². The molecular weight excluding hydrogens is 144 g/mol. The molecule has 0 saturated carbocycles. The molecule has 0 bridgehead atoms. The number of Topliss-reactive ketones (excluding diaryl/α,β-unsaturated/α-hetero) is 1. The van der Waals surface area contributed by atoms with Gasteiger partial charge in [-0.1, -0.05) is 0 Å². The maximum Gasteiger partial charge on any atom is 0.237 e.